The molecule has 0 spiro atoms. The number of thioether (sulfide) groups is 1. The Hall–Kier alpha value is -1.92. The molecule has 5 nitrogen and oxygen atoms in total. The molecule has 0 aromatic heterocycles. The molecule has 2 rings (SSSR count). The third kappa shape index (κ3) is 3.71. The molecule has 0 saturated carbocycles. The van der Waals surface area contributed by atoms with Crippen molar-refractivity contribution >= 4 is 40.6 Å². The quantitative estimate of drug-likeness (QED) is 0.572. The number of carbonyl (C=O) groups excluding carboxylic acids is 2. The topological polar surface area (TPSA) is 55.8 Å². The second-order valence-electron chi connectivity index (χ2n) is 4.55. The lowest BCUT2D eigenvalue weighted by Crippen LogP contribution is -2.27. The Balaban J connectivity index is 2.38. The van der Waals surface area contributed by atoms with E-state index in [1.165, 1.54) is 13.2 Å². The Bertz CT molecular complexity index is 687. The van der Waals surface area contributed by atoms with Gasteiger partial charge in [0.2, 0.25) is 0 Å². The largest absolute Gasteiger partial charge is 0.491 e. The van der Waals surface area contributed by atoms with Gasteiger partial charge in [0.1, 0.15) is 0 Å². The SMILES string of the molecule is C=CCN1C(=O)SC(=Cc2cc(Cl)c(OC)c(OCC)c2)C1=O. The van der Waals surface area contributed by atoms with Gasteiger partial charge in [0.25, 0.3) is 11.1 Å². The number of halogens is 1. The van der Waals surface area contributed by atoms with E-state index in [1.54, 1.807) is 18.2 Å². The maximum Gasteiger partial charge on any atom is 0.293 e. The summed E-state index contributed by atoms with van der Waals surface area (Å²) in [4.78, 5) is 25.5. The van der Waals surface area contributed by atoms with Crippen molar-refractivity contribution in [3.63, 3.8) is 0 Å². The van der Waals surface area contributed by atoms with E-state index in [2.05, 4.69) is 6.58 Å². The van der Waals surface area contributed by atoms with Gasteiger partial charge in [-0.1, -0.05) is 17.7 Å². The Labute approximate surface area is 143 Å². The van der Waals surface area contributed by atoms with Gasteiger partial charge in [0.15, 0.2) is 11.5 Å². The molecule has 0 atom stereocenters. The molecule has 1 aromatic carbocycles. The number of hydrogen-bond acceptors (Lipinski definition) is 5. The van der Waals surface area contributed by atoms with E-state index in [1.807, 2.05) is 6.92 Å². The van der Waals surface area contributed by atoms with Crippen LogP contribution in [0.25, 0.3) is 6.08 Å². The minimum Gasteiger partial charge on any atom is -0.491 e. The molecular formula is C16H16ClNO4S. The Morgan fingerprint density at radius 2 is 2.13 bits per heavy atom. The van der Waals surface area contributed by atoms with Crippen LogP contribution in [0.5, 0.6) is 11.5 Å². The van der Waals surface area contributed by atoms with Gasteiger partial charge < -0.3 is 9.47 Å². The first-order chi connectivity index (χ1) is 11.0. The summed E-state index contributed by atoms with van der Waals surface area (Å²) in [6.07, 6.45) is 3.12. The van der Waals surface area contributed by atoms with Crippen LogP contribution in [0.15, 0.2) is 29.7 Å². The molecule has 0 unspecified atom stereocenters. The van der Waals surface area contributed by atoms with Crippen LogP contribution < -0.4 is 9.47 Å². The first kappa shape index (κ1) is 17.4. The second kappa shape index (κ2) is 7.57. The maximum absolute atomic E-state index is 12.2. The zero-order valence-corrected chi connectivity index (χ0v) is 14.4. The van der Waals surface area contributed by atoms with E-state index < -0.39 is 0 Å². The van der Waals surface area contributed by atoms with Crippen molar-refractivity contribution in [1.82, 2.24) is 4.90 Å². The van der Waals surface area contributed by atoms with Crippen molar-refractivity contribution < 1.29 is 19.1 Å². The molecular weight excluding hydrogens is 338 g/mol. The van der Waals surface area contributed by atoms with Crippen LogP contribution >= 0.6 is 23.4 Å². The van der Waals surface area contributed by atoms with Crippen LogP contribution in [0, 0.1) is 0 Å². The fourth-order valence-corrected chi connectivity index (χ4v) is 3.21. The molecule has 23 heavy (non-hydrogen) atoms. The van der Waals surface area contributed by atoms with Crippen molar-refractivity contribution in [3.8, 4) is 11.5 Å². The third-order valence-electron chi connectivity index (χ3n) is 3.02. The van der Waals surface area contributed by atoms with Crippen molar-refractivity contribution in [2.24, 2.45) is 0 Å². The number of nitrogens with zero attached hydrogens (tertiary/aromatic N) is 1. The molecule has 1 aliphatic heterocycles. The summed E-state index contributed by atoms with van der Waals surface area (Å²) >= 11 is 7.07. The van der Waals surface area contributed by atoms with Gasteiger partial charge in [-0.15, -0.1) is 6.58 Å². The summed E-state index contributed by atoms with van der Waals surface area (Å²) in [6, 6.07) is 3.38. The minimum absolute atomic E-state index is 0.190. The average Bonchev–Trinajstić information content (AvgIpc) is 2.75. The van der Waals surface area contributed by atoms with Gasteiger partial charge >= 0.3 is 0 Å². The van der Waals surface area contributed by atoms with Gasteiger partial charge in [-0.3, -0.25) is 14.5 Å². The predicted molar refractivity (Wildman–Crippen MR) is 92.0 cm³/mol. The van der Waals surface area contributed by atoms with Crippen molar-refractivity contribution in [2.75, 3.05) is 20.3 Å². The van der Waals surface area contributed by atoms with E-state index in [4.69, 9.17) is 21.1 Å². The minimum atomic E-state index is -0.343. The first-order valence-electron chi connectivity index (χ1n) is 6.88. The fourth-order valence-electron chi connectivity index (χ4n) is 2.07. The average molecular weight is 354 g/mol. The van der Waals surface area contributed by atoms with Crippen LogP contribution in [0.2, 0.25) is 5.02 Å². The van der Waals surface area contributed by atoms with E-state index in [-0.39, 0.29) is 17.7 Å². The summed E-state index contributed by atoms with van der Waals surface area (Å²) in [5.74, 6) is 0.578. The number of amides is 2. The molecule has 0 radical (unpaired) electrons. The molecule has 1 fully saturated rings. The van der Waals surface area contributed by atoms with E-state index >= 15 is 0 Å². The van der Waals surface area contributed by atoms with Crippen LogP contribution in [0.1, 0.15) is 12.5 Å². The Morgan fingerprint density at radius 1 is 1.39 bits per heavy atom. The van der Waals surface area contributed by atoms with Gasteiger partial charge in [-0.2, -0.15) is 0 Å². The van der Waals surface area contributed by atoms with Crippen LogP contribution in [0.4, 0.5) is 4.79 Å². The summed E-state index contributed by atoms with van der Waals surface area (Å²) in [5, 5.41) is 0.0563. The van der Waals surface area contributed by atoms with Crippen molar-refractivity contribution in [1.29, 1.82) is 0 Å². The van der Waals surface area contributed by atoms with Crippen LogP contribution in [-0.4, -0.2) is 36.3 Å². The highest BCUT2D eigenvalue weighted by molar-refractivity contribution is 8.18. The molecule has 0 aliphatic carbocycles. The Morgan fingerprint density at radius 3 is 2.74 bits per heavy atom. The van der Waals surface area contributed by atoms with E-state index in [0.29, 0.717) is 33.6 Å². The number of imide groups is 1. The monoisotopic (exact) mass is 353 g/mol. The predicted octanol–water partition coefficient (Wildman–Crippen LogP) is 3.97. The molecule has 0 bridgehead atoms. The highest BCUT2D eigenvalue weighted by Crippen LogP contribution is 2.38. The van der Waals surface area contributed by atoms with E-state index in [0.717, 1.165) is 16.7 Å². The summed E-state index contributed by atoms with van der Waals surface area (Å²) in [5.41, 5.74) is 0.656. The molecule has 122 valence electrons. The highest BCUT2D eigenvalue weighted by Gasteiger charge is 2.34. The fraction of sp³-hybridized carbons (Fsp3) is 0.250. The summed E-state index contributed by atoms with van der Waals surface area (Å²) in [6.45, 7) is 6.03. The smallest absolute Gasteiger partial charge is 0.293 e. The lowest BCUT2D eigenvalue weighted by molar-refractivity contribution is -0.122. The van der Waals surface area contributed by atoms with Gasteiger partial charge in [0, 0.05) is 6.54 Å². The summed E-state index contributed by atoms with van der Waals surface area (Å²) < 4.78 is 10.7. The molecule has 7 heteroatoms. The lowest BCUT2D eigenvalue weighted by Gasteiger charge is -2.12. The maximum atomic E-state index is 12.2. The van der Waals surface area contributed by atoms with Gasteiger partial charge in [0.05, 0.1) is 23.6 Å². The second-order valence-corrected chi connectivity index (χ2v) is 5.95. The first-order valence-corrected chi connectivity index (χ1v) is 8.07. The lowest BCUT2D eigenvalue weighted by atomic mass is 10.1. The zero-order chi connectivity index (χ0) is 17.0. The van der Waals surface area contributed by atoms with Gasteiger partial charge in [-0.05, 0) is 42.5 Å². The van der Waals surface area contributed by atoms with Crippen LogP contribution in [-0.2, 0) is 4.79 Å². The molecule has 1 saturated heterocycles. The molecule has 1 aliphatic rings. The van der Waals surface area contributed by atoms with Crippen molar-refractivity contribution in [3.05, 3.63) is 40.3 Å². The zero-order valence-electron chi connectivity index (χ0n) is 12.8. The summed E-state index contributed by atoms with van der Waals surface area (Å²) in [7, 11) is 1.50. The number of benzene rings is 1. The molecule has 1 aromatic rings. The van der Waals surface area contributed by atoms with Crippen LogP contribution in [0.3, 0.4) is 0 Å². The number of methoxy groups -OCH3 is 1. The van der Waals surface area contributed by atoms with Crippen molar-refractivity contribution in [2.45, 2.75) is 6.92 Å². The number of hydrogen-bond donors (Lipinski definition) is 0. The van der Waals surface area contributed by atoms with E-state index in [9.17, 15) is 9.59 Å². The molecule has 1 heterocycles. The molecule has 2 amide bonds. The third-order valence-corrected chi connectivity index (χ3v) is 4.21. The number of carbonyl (C=O) groups is 2. The Kier molecular flexibility index (Phi) is 5.74. The number of rotatable bonds is 6. The highest BCUT2D eigenvalue weighted by atomic mass is 35.5. The molecule has 0 N–H and O–H groups in total. The standard InChI is InChI=1S/C16H16ClNO4S/c1-4-6-18-15(19)13(23-16(18)20)9-10-7-11(17)14(21-3)12(8-10)22-5-2/h4,7-9H,1,5-6H2,2-3H3. The normalized spacial score (nSPS) is 16.1. The number of ether oxygens (including phenoxy) is 2. The van der Waals surface area contributed by atoms with Gasteiger partial charge in [-0.25, -0.2) is 0 Å².